The average Bonchev–Trinajstić information content (AvgIpc) is 2.78. The average molecular weight is 272 g/mol. The maximum atomic E-state index is 4.25. The van der Waals surface area contributed by atoms with E-state index in [-0.39, 0.29) is 0 Å². The summed E-state index contributed by atoms with van der Waals surface area (Å²) >= 11 is 3.61. The van der Waals surface area contributed by atoms with Crippen LogP contribution in [0.15, 0.2) is 6.20 Å². The molecule has 1 atom stereocenters. The topological polar surface area (TPSA) is 30.7 Å². The first kappa shape index (κ1) is 11.1. The van der Waals surface area contributed by atoms with Crippen LogP contribution in [-0.4, -0.2) is 15.0 Å². The van der Waals surface area contributed by atoms with Crippen molar-refractivity contribution in [3.8, 4) is 0 Å². The van der Waals surface area contributed by atoms with Gasteiger partial charge in [-0.15, -0.1) is 5.10 Å². The lowest BCUT2D eigenvalue weighted by Gasteiger charge is -2.21. The molecule has 0 amide bonds. The molecule has 1 fully saturated rings. The molecule has 3 nitrogen and oxygen atoms in total. The van der Waals surface area contributed by atoms with Gasteiger partial charge in [0.05, 0.1) is 16.6 Å². The first-order chi connectivity index (χ1) is 7.31. The highest BCUT2D eigenvalue weighted by atomic mass is 79.9. The van der Waals surface area contributed by atoms with Crippen LogP contribution in [0.4, 0.5) is 0 Å². The van der Waals surface area contributed by atoms with Crippen LogP contribution in [0.1, 0.15) is 62.0 Å². The molecule has 0 spiro atoms. The fraction of sp³-hybridized carbons (Fsp3) is 0.818. The van der Waals surface area contributed by atoms with Gasteiger partial charge in [0.25, 0.3) is 0 Å². The van der Waals surface area contributed by atoms with Gasteiger partial charge in [0, 0.05) is 6.20 Å². The summed E-state index contributed by atoms with van der Waals surface area (Å²) < 4.78 is 2.07. The second-order valence-corrected chi connectivity index (χ2v) is 5.40. The molecule has 1 heterocycles. The standard InChI is InChI=1S/C11H18BrN3/c1-2-10(12)11-8-15(14-13-11)9-6-4-3-5-7-9/h8-10H,2-7H2,1H3. The third-order valence-corrected chi connectivity index (χ3v) is 4.27. The number of hydrogen-bond donors (Lipinski definition) is 0. The van der Waals surface area contributed by atoms with E-state index in [2.05, 4.69) is 44.0 Å². The molecule has 0 radical (unpaired) electrons. The fourth-order valence-electron chi connectivity index (χ4n) is 2.17. The Balaban J connectivity index is 2.05. The van der Waals surface area contributed by atoms with Gasteiger partial charge in [-0.25, -0.2) is 4.68 Å². The van der Waals surface area contributed by atoms with Crippen LogP contribution in [0.5, 0.6) is 0 Å². The second kappa shape index (κ2) is 5.10. The summed E-state index contributed by atoms with van der Waals surface area (Å²) in [7, 11) is 0. The van der Waals surface area contributed by atoms with Crippen LogP contribution in [0.25, 0.3) is 0 Å². The molecule has 0 aromatic carbocycles. The van der Waals surface area contributed by atoms with Crippen molar-refractivity contribution in [2.75, 3.05) is 0 Å². The smallest absolute Gasteiger partial charge is 0.0963 e. The Morgan fingerprint density at radius 2 is 2.20 bits per heavy atom. The first-order valence-corrected chi connectivity index (χ1v) is 6.78. The Kier molecular flexibility index (Phi) is 3.78. The van der Waals surface area contributed by atoms with Crippen molar-refractivity contribution in [2.45, 2.75) is 56.3 Å². The van der Waals surface area contributed by atoms with E-state index in [1.165, 1.54) is 32.1 Å². The highest BCUT2D eigenvalue weighted by Crippen LogP contribution is 2.29. The summed E-state index contributed by atoms with van der Waals surface area (Å²) in [4.78, 5) is 0.356. The zero-order chi connectivity index (χ0) is 10.7. The highest BCUT2D eigenvalue weighted by Gasteiger charge is 2.18. The van der Waals surface area contributed by atoms with Gasteiger partial charge in [-0.1, -0.05) is 47.3 Å². The summed E-state index contributed by atoms with van der Waals surface area (Å²) in [5.41, 5.74) is 1.07. The van der Waals surface area contributed by atoms with Crippen molar-refractivity contribution in [1.82, 2.24) is 15.0 Å². The Hall–Kier alpha value is -0.380. The third kappa shape index (κ3) is 2.60. The molecule has 0 bridgehead atoms. The van der Waals surface area contributed by atoms with E-state index in [9.17, 15) is 0 Å². The minimum Gasteiger partial charge on any atom is -0.249 e. The predicted molar refractivity (Wildman–Crippen MR) is 64.1 cm³/mol. The lowest BCUT2D eigenvalue weighted by Crippen LogP contribution is -2.13. The molecule has 1 aliphatic rings. The molecule has 15 heavy (non-hydrogen) atoms. The molecule has 4 heteroatoms. The minimum absolute atomic E-state index is 0.356. The zero-order valence-corrected chi connectivity index (χ0v) is 10.8. The van der Waals surface area contributed by atoms with Crippen molar-refractivity contribution in [2.24, 2.45) is 0 Å². The maximum absolute atomic E-state index is 4.25. The van der Waals surface area contributed by atoms with Gasteiger partial charge in [0.2, 0.25) is 0 Å². The van der Waals surface area contributed by atoms with Crippen molar-refractivity contribution in [3.05, 3.63) is 11.9 Å². The summed E-state index contributed by atoms with van der Waals surface area (Å²) in [5.74, 6) is 0. The SMILES string of the molecule is CCC(Br)c1cn(C2CCCCC2)nn1. The van der Waals surface area contributed by atoms with E-state index in [0.29, 0.717) is 10.9 Å². The Bertz CT molecular complexity index is 305. The fourth-order valence-corrected chi connectivity index (χ4v) is 2.38. The molecule has 1 aromatic rings. The van der Waals surface area contributed by atoms with Crippen LogP contribution in [0.2, 0.25) is 0 Å². The highest BCUT2D eigenvalue weighted by molar-refractivity contribution is 9.09. The first-order valence-electron chi connectivity index (χ1n) is 5.87. The van der Waals surface area contributed by atoms with Crippen molar-refractivity contribution < 1.29 is 0 Å². The Labute approximate surface area is 99.4 Å². The second-order valence-electron chi connectivity index (χ2n) is 4.29. The van der Waals surface area contributed by atoms with E-state index in [1.54, 1.807) is 0 Å². The van der Waals surface area contributed by atoms with E-state index in [0.717, 1.165) is 12.1 Å². The van der Waals surface area contributed by atoms with E-state index in [1.807, 2.05) is 0 Å². The monoisotopic (exact) mass is 271 g/mol. The van der Waals surface area contributed by atoms with Gasteiger partial charge in [-0.2, -0.15) is 0 Å². The van der Waals surface area contributed by atoms with Crippen LogP contribution < -0.4 is 0 Å². The summed E-state index contributed by atoms with van der Waals surface area (Å²) in [6, 6.07) is 0.594. The lowest BCUT2D eigenvalue weighted by atomic mass is 9.96. The molecule has 1 saturated carbocycles. The van der Waals surface area contributed by atoms with Crippen molar-refractivity contribution in [1.29, 1.82) is 0 Å². The van der Waals surface area contributed by atoms with E-state index in [4.69, 9.17) is 0 Å². The summed E-state index contributed by atoms with van der Waals surface area (Å²) in [6.45, 7) is 2.15. The van der Waals surface area contributed by atoms with Gasteiger partial charge < -0.3 is 0 Å². The number of aromatic nitrogens is 3. The van der Waals surface area contributed by atoms with Crippen molar-refractivity contribution >= 4 is 15.9 Å². The van der Waals surface area contributed by atoms with Crippen LogP contribution in [-0.2, 0) is 0 Å². The van der Waals surface area contributed by atoms with Crippen LogP contribution in [0, 0.1) is 0 Å². The van der Waals surface area contributed by atoms with Gasteiger partial charge in [0.1, 0.15) is 0 Å². The Morgan fingerprint density at radius 3 is 2.87 bits per heavy atom. The van der Waals surface area contributed by atoms with E-state index >= 15 is 0 Å². The predicted octanol–water partition coefficient (Wildman–Crippen LogP) is 3.63. The molecular weight excluding hydrogens is 254 g/mol. The van der Waals surface area contributed by atoms with Gasteiger partial charge in [0.15, 0.2) is 0 Å². The molecular formula is C11H18BrN3. The normalized spacial score (nSPS) is 20.4. The van der Waals surface area contributed by atoms with Crippen molar-refractivity contribution in [3.63, 3.8) is 0 Å². The quantitative estimate of drug-likeness (QED) is 0.787. The molecule has 1 aromatic heterocycles. The molecule has 1 unspecified atom stereocenters. The maximum Gasteiger partial charge on any atom is 0.0963 e. The lowest BCUT2D eigenvalue weighted by molar-refractivity contribution is 0.324. The number of hydrogen-bond acceptors (Lipinski definition) is 2. The number of halogens is 1. The number of rotatable bonds is 3. The molecule has 0 aliphatic heterocycles. The van der Waals surface area contributed by atoms with Crippen LogP contribution in [0.3, 0.4) is 0 Å². The van der Waals surface area contributed by atoms with Crippen LogP contribution >= 0.6 is 15.9 Å². The molecule has 0 N–H and O–H groups in total. The Morgan fingerprint density at radius 1 is 1.47 bits per heavy atom. The molecule has 0 saturated heterocycles. The molecule has 84 valence electrons. The number of alkyl halides is 1. The van der Waals surface area contributed by atoms with Gasteiger partial charge >= 0.3 is 0 Å². The summed E-state index contributed by atoms with van der Waals surface area (Å²) in [5, 5.41) is 8.47. The molecule has 2 rings (SSSR count). The number of nitrogens with zero attached hydrogens (tertiary/aromatic N) is 3. The molecule has 1 aliphatic carbocycles. The largest absolute Gasteiger partial charge is 0.249 e. The minimum atomic E-state index is 0.356. The zero-order valence-electron chi connectivity index (χ0n) is 9.19. The third-order valence-electron chi connectivity index (χ3n) is 3.16. The van der Waals surface area contributed by atoms with Gasteiger partial charge in [-0.3, -0.25) is 0 Å². The van der Waals surface area contributed by atoms with E-state index < -0.39 is 0 Å². The summed E-state index contributed by atoms with van der Waals surface area (Å²) in [6.07, 6.45) is 9.76. The van der Waals surface area contributed by atoms with Gasteiger partial charge in [-0.05, 0) is 19.3 Å².